The third-order valence-corrected chi connectivity index (χ3v) is 8.07. The summed E-state index contributed by atoms with van der Waals surface area (Å²) in [4.78, 5) is 12.0. The van der Waals surface area contributed by atoms with E-state index in [1.165, 1.54) is 12.8 Å². The predicted molar refractivity (Wildman–Crippen MR) is 152 cm³/mol. The molecule has 0 aromatic carbocycles. The van der Waals surface area contributed by atoms with Gasteiger partial charge in [-0.2, -0.15) is 0 Å². The fraction of sp³-hybridized carbons (Fsp3) is 0.967. The van der Waals surface area contributed by atoms with Gasteiger partial charge in [0.2, 0.25) is 0 Å². The molecule has 0 spiro atoms. The van der Waals surface area contributed by atoms with Crippen molar-refractivity contribution in [3.8, 4) is 0 Å². The molecule has 6 N–H and O–H groups in total. The number of carbonyl (C=O) groups is 1. The lowest BCUT2D eigenvalue weighted by Crippen LogP contribution is -2.62. The van der Waals surface area contributed by atoms with Crippen molar-refractivity contribution in [2.45, 2.75) is 153 Å². The summed E-state index contributed by atoms with van der Waals surface area (Å²) < 4.78 is 28.1. The second-order valence-electron chi connectivity index (χ2n) is 12.0. The highest BCUT2D eigenvalue weighted by atomic mass is 16.7. The van der Waals surface area contributed by atoms with Crippen molar-refractivity contribution >= 4 is 5.97 Å². The fourth-order valence-electron chi connectivity index (χ4n) is 5.25. The maximum absolute atomic E-state index is 12.0. The van der Waals surface area contributed by atoms with Gasteiger partial charge in [-0.25, -0.2) is 0 Å². The van der Waals surface area contributed by atoms with E-state index in [9.17, 15) is 35.4 Å². The molecule has 6 unspecified atom stereocenters. The number of aliphatic hydroxyl groups is 6. The molecule has 0 aliphatic carbocycles. The molecule has 248 valence electrons. The first kappa shape index (κ1) is 37.3. The van der Waals surface area contributed by atoms with Crippen LogP contribution in [0.3, 0.4) is 0 Å². The quantitative estimate of drug-likeness (QED) is 0.0916. The molecular weight excluding hydrogens is 552 g/mol. The SMILES string of the molecule is CCCCCCC(CCCCCC)CO[C@H]1OC(CO[C@@H]2OC(CO)[C@@H](OC(=O)C(C)C)C(O)C2O)[C@@H](O)C(O)C1O. The normalized spacial score (nSPS) is 33.8. The summed E-state index contributed by atoms with van der Waals surface area (Å²) in [5.74, 6) is -0.857. The highest BCUT2D eigenvalue weighted by molar-refractivity contribution is 5.71. The van der Waals surface area contributed by atoms with Gasteiger partial charge in [-0.1, -0.05) is 79.1 Å². The molecular formula is C30H56O12. The molecule has 0 radical (unpaired) electrons. The largest absolute Gasteiger partial charge is 0.456 e. The van der Waals surface area contributed by atoms with Crippen molar-refractivity contribution in [3.63, 3.8) is 0 Å². The van der Waals surface area contributed by atoms with E-state index in [0.29, 0.717) is 6.61 Å². The summed E-state index contributed by atoms with van der Waals surface area (Å²) in [7, 11) is 0. The molecule has 12 nitrogen and oxygen atoms in total. The molecule has 2 fully saturated rings. The molecule has 12 heteroatoms. The number of aliphatic hydroxyl groups excluding tert-OH is 6. The zero-order valence-electron chi connectivity index (χ0n) is 25.8. The van der Waals surface area contributed by atoms with Crippen molar-refractivity contribution in [2.75, 3.05) is 19.8 Å². The zero-order valence-corrected chi connectivity index (χ0v) is 25.8. The summed E-state index contributed by atoms with van der Waals surface area (Å²) in [6, 6.07) is 0. The fourth-order valence-corrected chi connectivity index (χ4v) is 5.25. The van der Waals surface area contributed by atoms with Crippen molar-refractivity contribution in [3.05, 3.63) is 0 Å². The Balaban J connectivity index is 1.97. The van der Waals surface area contributed by atoms with E-state index in [0.717, 1.165) is 51.4 Å². The number of hydrogen-bond donors (Lipinski definition) is 6. The van der Waals surface area contributed by atoms with Crippen LogP contribution in [0.1, 0.15) is 91.9 Å². The monoisotopic (exact) mass is 608 g/mol. The van der Waals surface area contributed by atoms with Gasteiger partial charge in [-0.15, -0.1) is 0 Å². The van der Waals surface area contributed by atoms with Crippen LogP contribution in [0, 0.1) is 11.8 Å². The summed E-state index contributed by atoms with van der Waals surface area (Å²) in [6.07, 6.45) is -3.05. The standard InChI is InChI=1S/C30H56O12/c1-5-7-9-11-13-19(14-12-10-8-6-2)16-38-29-25(35)23(33)22(32)21(41-29)17-39-30-26(36)24(34)27(20(15-31)40-30)42-28(37)18(3)4/h18-27,29-36H,5-17H2,1-4H3/t20?,21?,22-,23?,24?,25?,26?,27-,29+,30-/m1/s1. The van der Waals surface area contributed by atoms with Gasteiger partial charge >= 0.3 is 5.97 Å². The molecule has 0 aromatic heterocycles. The van der Waals surface area contributed by atoms with Crippen molar-refractivity contribution in [1.29, 1.82) is 0 Å². The first-order chi connectivity index (χ1) is 20.0. The summed E-state index contributed by atoms with van der Waals surface area (Å²) in [5.41, 5.74) is 0. The highest BCUT2D eigenvalue weighted by Crippen LogP contribution is 2.28. The van der Waals surface area contributed by atoms with Crippen LogP contribution in [0.2, 0.25) is 0 Å². The molecule has 2 heterocycles. The predicted octanol–water partition coefficient (Wildman–Crippen LogP) is 1.39. The number of hydrogen-bond acceptors (Lipinski definition) is 12. The molecule has 0 aromatic rings. The van der Waals surface area contributed by atoms with Crippen LogP contribution in [0.4, 0.5) is 0 Å². The van der Waals surface area contributed by atoms with E-state index >= 15 is 0 Å². The number of unbranched alkanes of at least 4 members (excludes halogenated alkanes) is 6. The van der Waals surface area contributed by atoms with Gasteiger partial charge in [0, 0.05) is 0 Å². The maximum Gasteiger partial charge on any atom is 0.308 e. The van der Waals surface area contributed by atoms with Gasteiger partial charge < -0.3 is 54.3 Å². The van der Waals surface area contributed by atoms with Gasteiger partial charge in [0.05, 0.1) is 25.7 Å². The molecule has 0 amide bonds. The third-order valence-electron chi connectivity index (χ3n) is 8.07. The second kappa shape index (κ2) is 19.5. The minimum Gasteiger partial charge on any atom is -0.456 e. The van der Waals surface area contributed by atoms with E-state index in [1.54, 1.807) is 13.8 Å². The van der Waals surface area contributed by atoms with Crippen molar-refractivity contribution in [1.82, 2.24) is 0 Å². The van der Waals surface area contributed by atoms with E-state index in [4.69, 9.17) is 23.7 Å². The lowest BCUT2D eigenvalue weighted by Gasteiger charge is -2.43. The molecule has 2 aliphatic heterocycles. The topological polar surface area (TPSA) is 185 Å². The summed E-state index contributed by atoms with van der Waals surface area (Å²) in [5, 5.41) is 62.5. The number of rotatable bonds is 19. The van der Waals surface area contributed by atoms with Crippen molar-refractivity contribution < 1.29 is 59.1 Å². The van der Waals surface area contributed by atoms with Gasteiger partial charge in [0.1, 0.15) is 42.7 Å². The number of ether oxygens (including phenoxy) is 5. The Hall–Kier alpha value is -0.930. The average Bonchev–Trinajstić information content (AvgIpc) is 2.97. The second-order valence-corrected chi connectivity index (χ2v) is 12.0. The Labute approximate surface area is 250 Å². The highest BCUT2D eigenvalue weighted by Gasteiger charge is 2.49. The van der Waals surface area contributed by atoms with E-state index < -0.39 is 86.5 Å². The lowest BCUT2D eigenvalue weighted by molar-refractivity contribution is -0.332. The molecule has 0 saturated carbocycles. The van der Waals surface area contributed by atoms with Crippen LogP contribution in [-0.4, -0.2) is 118 Å². The Morgan fingerprint density at radius 3 is 1.81 bits per heavy atom. The van der Waals surface area contributed by atoms with E-state index in [-0.39, 0.29) is 5.92 Å². The van der Waals surface area contributed by atoms with Crippen LogP contribution >= 0.6 is 0 Å². The van der Waals surface area contributed by atoms with Crippen LogP contribution in [0.5, 0.6) is 0 Å². The zero-order chi connectivity index (χ0) is 31.2. The maximum atomic E-state index is 12.0. The molecule has 2 rings (SSSR count). The Bertz CT molecular complexity index is 725. The Kier molecular flexibility index (Phi) is 17.3. The number of esters is 1. The molecule has 10 atom stereocenters. The Morgan fingerprint density at radius 1 is 0.714 bits per heavy atom. The van der Waals surface area contributed by atoms with Gasteiger partial charge in [0.15, 0.2) is 18.7 Å². The molecule has 42 heavy (non-hydrogen) atoms. The summed E-state index contributed by atoms with van der Waals surface area (Å²) >= 11 is 0. The van der Waals surface area contributed by atoms with Gasteiger partial charge in [-0.05, 0) is 18.8 Å². The first-order valence-corrected chi connectivity index (χ1v) is 15.8. The number of carbonyl (C=O) groups excluding carboxylic acids is 1. The van der Waals surface area contributed by atoms with Crippen LogP contribution < -0.4 is 0 Å². The lowest BCUT2D eigenvalue weighted by atomic mass is 9.95. The Morgan fingerprint density at radius 2 is 1.26 bits per heavy atom. The first-order valence-electron chi connectivity index (χ1n) is 15.8. The summed E-state index contributed by atoms with van der Waals surface area (Å²) in [6.45, 7) is 6.86. The molecule has 2 aliphatic rings. The van der Waals surface area contributed by atoms with Crippen LogP contribution in [0.15, 0.2) is 0 Å². The van der Waals surface area contributed by atoms with E-state index in [2.05, 4.69) is 13.8 Å². The minimum atomic E-state index is -1.65. The van der Waals surface area contributed by atoms with Gasteiger partial charge in [-0.3, -0.25) is 4.79 Å². The molecule has 2 saturated heterocycles. The third kappa shape index (κ3) is 11.2. The van der Waals surface area contributed by atoms with E-state index in [1.807, 2.05) is 0 Å². The minimum absolute atomic E-state index is 0.272. The average molecular weight is 609 g/mol. The van der Waals surface area contributed by atoms with Crippen molar-refractivity contribution in [2.24, 2.45) is 11.8 Å². The van der Waals surface area contributed by atoms with Gasteiger partial charge in [0.25, 0.3) is 0 Å². The van der Waals surface area contributed by atoms with Crippen LogP contribution in [-0.2, 0) is 28.5 Å². The molecule has 0 bridgehead atoms. The van der Waals surface area contributed by atoms with Crippen LogP contribution in [0.25, 0.3) is 0 Å². The smallest absolute Gasteiger partial charge is 0.308 e.